The number of nitrogens with one attached hydrogen (secondary N) is 1. The van der Waals surface area contributed by atoms with Crippen molar-refractivity contribution in [3.05, 3.63) is 23.8 Å². The second-order valence-corrected chi connectivity index (χ2v) is 10.3. The van der Waals surface area contributed by atoms with Crippen molar-refractivity contribution in [2.45, 2.75) is 82.6 Å². The van der Waals surface area contributed by atoms with Gasteiger partial charge in [-0.15, -0.1) is 0 Å². The first-order valence-corrected chi connectivity index (χ1v) is 12.6. The number of para-hydroxylation sites is 1. The van der Waals surface area contributed by atoms with E-state index in [9.17, 15) is 4.79 Å². The van der Waals surface area contributed by atoms with E-state index < -0.39 is 0 Å². The van der Waals surface area contributed by atoms with Gasteiger partial charge in [0.15, 0.2) is 11.5 Å². The number of carbonyl (C=O) groups excluding carboxylic acids is 1. The maximum absolute atomic E-state index is 12.2. The molecule has 5 heteroatoms. The van der Waals surface area contributed by atoms with E-state index in [1.54, 1.807) is 0 Å². The summed E-state index contributed by atoms with van der Waals surface area (Å²) in [5.74, 6) is 4.29. The van der Waals surface area contributed by atoms with Gasteiger partial charge in [-0.2, -0.15) is 0 Å². The number of carbonyl (C=O) groups is 1. The lowest BCUT2D eigenvalue weighted by Gasteiger charge is -2.35. The SMILES string of the molecule is O=C(CC1CCC1)NC1CCC(CCN2CCC(c3cccc4c3OCO4)CC2)CC1. The molecule has 1 N–H and O–H groups in total. The van der Waals surface area contributed by atoms with E-state index in [4.69, 9.17) is 9.47 Å². The number of ether oxygens (including phenoxy) is 2. The number of hydrogen-bond donors (Lipinski definition) is 1. The Balaban J connectivity index is 0.995. The lowest BCUT2D eigenvalue weighted by Crippen LogP contribution is -2.39. The van der Waals surface area contributed by atoms with Crippen molar-refractivity contribution >= 4 is 5.91 Å². The molecule has 2 saturated carbocycles. The molecule has 5 nitrogen and oxygen atoms in total. The number of amides is 1. The Morgan fingerprint density at radius 2 is 1.77 bits per heavy atom. The van der Waals surface area contributed by atoms with Gasteiger partial charge >= 0.3 is 0 Å². The minimum Gasteiger partial charge on any atom is -0.454 e. The van der Waals surface area contributed by atoms with Gasteiger partial charge in [-0.25, -0.2) is 0 Å². The molecule has 4 aliphatic rings. The third-order valence-corrected chi connectivity index (χ3v) is 8.22. The molecule has 1 aromatic rings. The van der Waals surface area contributed by atoms with Crippen LogP contribution < -0.4 is 14.8 Å². The van der Waals surface area contributed by atoms with E-state index in [1.807, 2.05) is 6.07 Å². The molecular formula is C26H38N2O3. The van der Waals surface area contributed by atoms with Gasteiger partial charge in [0.25, 0.3) is 0 Å². The fraction of sp³-hybridized carbons (Fsp3) is 0.731. The maximum atomic E-state index is 12.2. The van der Waals surface area contributed by atoms with Gasteiger partial charge in [-0.3, -0.25) is 4.79 Å². The van der Waals surface area contributed by atoms with Crippen LogP contribution in [0.15, 0.2) is 18.2 Å². The smallest absolute Gasteiger partial charge is 0.231 e. The van der Waals surface area contributed by atoms with Crippen LogP contribution in [0.4, 0.5) is 0 Å². The molecule has 31 heavy (non-hydrogen) atoms. The van der Waals surface area contributed by atoms with Crippen molar-refractivity contribution in [2.24, 2.45) is 11.8 Å². The highest BCUT2D eigenvalue weighted by Gasteiger charge is 2.28. The average Bonchev–Trinajstić information content (AvgIpc) is 3.25. The van der Waals surface area contributed by atoms with Gasteiger partial charge in [0.1, 0.15) is 0 Å². The van der Waals surface area contributed by atoms with Crippen LogP contribution >= 0.6 is 0 Å². The largest absolute Gasteiger partial charge is 0.454 e. The van der Waals surface area contributed by atoms with Crippen LogP contribution in [0, 0.1) is 11.8 Å². The number of piperidine rings is 1. The van der Waals surface area contributed by atoms with Crippen LogP contribution in [0.5, 0.6) is 11.5 Å². The summed E-state index contributed by atoms with van der Waals surface area (Å²) < 4.78 is 11.3. The predicted molar refractivity (Wildman–Crippen MR) is 121 cm³/mol. The van der Waals surface area contributed by atoms with Crippen LogP contribution in [0.25, 0.3) is 0 Å². The van der Waals surface area contributed by atoms with Crippen molar-refractivity contribution in [3.8, 4) is 11.5 Å². The molecule has 0 aromatic heterocycles. The zero-order valence-corrected chi connectivity index (χ0v) is 18.8. The molecule has 170 valence electrons. The Hall–Kier alpha value is -1.75. The lowest BCUT2D eigenvalue weighted by molar-refractivity contribution is -0.123. The Labute approximate surface area is 186 Å². The van der Waals surface area contributed by atoms with E-state index >= 15 is 0 Å². The molecule has 0 bridgehead atoms. The van der Waals surface area contributed by atoms with Crippen LogP contribution in [0.1, 0.15) is 82.1 Å². The molecule has 3 fully saturated rings. The van der Waals surface area contributed by atoms with Gasteiger partial charge in [0, 0.05) is 18.0 Å². The predicted octanol–water partition coefficient (Wildman–Crippen LogP) is 4.85. The molecule has 1 aromatic carbocycles. The molecule has 0 spiro atoms. The number of rotatable bonds is 7. The van der Waals surface area contributed by atoms with Crippen LogP contribution in [-0.2, 0) is 4.79 Å². The normalized spacial score (nSPS) is 27.1. The average molecular weight is 427 g/mol. The van der Waals surface area contributed by atoms with Crippen LogP contribution in [0.2, 0.25) is 0 Å². The zero-order valence-electron chi connectivity index (χ0n) is 18.8. The van der Waals surface area contributed by atoms with Crippen molar-refractivity contribution in [1.29, 1.82) is 0 Å². The third-order valence-electron chi connectivity index (χ3n) is 8.22. The first kappa shape index (κ1) is 21.1. The Kier molecular flexibility index (Phi) is 6.68. The molecule has 2 aliphatic carbocycles. The molecule has 2 heterocycles. The summed E-state index contributed by atoms with van der Waals surface area (Å²) in [6.45, 7) is 3.95. The van der Waals surface area contributed by atoms with Gasteiger partial charge in [0.2, 0.25) is 12.7 Å². The van der Waals surface area contributed by atoms with Crippen molar-refractivity contribution in [2.75, 3.05) is 26.4 Å². The highest BCUT2D eigenvalue weighted by Crippen LogP contribution is 2.42. The lowest BCUT2D eigenvalue weighted by atomic mass is 9.82. The minimum absolute atomic E-state index is 0.303. The standard InChI is InChI=1S/C26H38N2O3/c29-25(17-20-3-1-4-20)27-22-9-7-19(8-10-22)11-14-28-15-12-21(13-16-28)23-5-2-6-24-26(23)31-18-30-24/h2,5-6,19-22H,1,3-4,7-18H2,(H,27,29). The molecule has 0 unspecified atom stereocenters. The van der Waals surface area contributed by atoms with Crippen LogP contribution in [0.3, 0.4) is 0 Å². The fourth-order valence-corrected chi connectivity index (χ4v) is 5.95. The highest BCUT2D eigenvalue weighted by molar-refractivity contribution is 5.76. The van der Waals surface area contributed by atoms with E-state index in [-0.39, 0.29) is 0 Å². The van der Waals surface area contributed by atoms with E-state index in [1.165, 1.54) is 89.4 Å². The van der Waals surface area contributed by atoms with Crippen molar-refractivity contribution in [3.63, 3.8) is 0 Å². The minimum atomic E-state index is 0.303. The summed E-state index contributed by atoms with van der Waals surface area (Å²) in [4.78, 5) is 14.8. The van der Waals surface area contributed by atoms with Gasteiger partial charge < -0.3 is 19.7 Å². The summed E-state index contributed by atoms with van der Waals surface area (Å²) in [5, 5.41) is 3.31. The van der Waals surface area contributed by atoms with Gasteiger partial charge in [-0.1, -0.05) is 18.6 Å². The zero-order chi connectivity index (χ0) is 21.0. The van der Waals surface area contributed by atoms with Crippen molar-refractivity contribution < 1.29 is 14.3 Å². The van der Waals surface area contributed by atoms with Gasteiger partial charge in [-0.05, 0) is 101 Å². The first-order valence-electron chi connectivity index (χ1n) is 12.6. The number of hydrogen-bond acceptors (Lipinski definition) is 4. The molecule has 5 rings (SSSR count). The summed E-state index contributed by atoms with van der Waals surface area (Å²) >= 11 is 0. The highest BCUT2D eigenvalue weighted by atomic mass is 16.7. The summed E-state index contributed by atoms with van der Waals surface area (Å²) in [7, 11) is 0. The monoisotopic (exact) mass is 426 g/mol. The fourth-order valence-electron chi connectivity index (χ4n) is 5.95. The van der Waals surface area contributed by atoms with E-state index in [0.29, 0.717) is 30.6 Å². The summed E-state index contributed by atoms with van der Waals surface area (Å²) in [6, 6.07) is 6.76. The van der Waals surface area contributed by atoms with Crippen molar-refractivity contribution in [1.82, 2.24) is 10.2 Å². The second-order valence-electron chi connectivity index (χ2n) is 10.3. The molecule has 0 radical (unpaired) electrons. The van der Waals surface area contributed by atoms with Crippen LogP contribution in [-0.4, -0.2) is 43.3 Å². The summed E-state index contributed by atoms with van der Waals surface area (Å²) in [5.41, 5.74) is 1.34. The number of likely N-dealkylation sites (tertiary alicyclic amines) is 1. The topological polar surface area (TPSA) is 50.8 Å². The second kappa shape index (κ2) is 9.81. The number of fused-ring (bicyclic) bond motifs is 1. The van der Waals surface area contributed by atoms with Gasteiger partial charge in [0.05, 0.1) is 0 Å². The summed E-state index contributed by atoms with van der Waals surface area (Å²) in [6.07, 6.45) is 13.2. The Bertz CT molecular complexity index is 747. The third kappa shape index (κ3) is 5.19. The quantitative estimate of drug-likeness (QED) is 0.677. The van der Waals surface area contributed by atoms with E-state index in [0.717, 1.165) is 23.8 Å². The molecule has 1 amide bonds. The maximum Gasteiger partial charge on any atom is 0.231 e. The molecule has 1 saturated heterocycles. The van der Waals surface area contributed by atoms with E-state index in [2.05, 4.69) is 22.3 Å². The molecule has 2 aliphatic heterocycles. The number of nitrogens with zero attached hydrogens (tertiary/aromatic N) is 1. The first-order chi connectivity index (χ1) is 15.2. The molecular weight excluding hydrogens is 388 g/mol. The Morgan fingerprint density at radius 1 is 0.968 bits per heavy atom. The molecule has 0 atom stereocenters. The Morgan fingerprint density at radius 3 is 2.52 bits per heavy atom. The number of benzene rings is 1.